The molecule has 3 rings (SSSR count). The number of aliphatic hydroxyl groups excluding tert-OH is 2. The molecule has 198 valence electrons. The molecule has 1 aliphatic rings. The fourth-order valence-electron chi connectivity index (χ4n) is 3.46. The normalized spacial score (nSPS) is 24.3. The van der Waals surface area contributed by atoms with Crippen molar-refractivity contribution >= 4 is 19.6 Å². The molecule has 1 aliphatic heterocycles. The molecule has 0 radical (unpaired) electrons. The highest BCUT2D eigenvalue weighted by molar-refractivity contribution is 7.52. The van der Waals surface area contributed by atoms with Gasteiger partial charge in [0.05, 0.1) is 13.7 Å². The number of aromatic nitrogens is 2. The number of carbonyl (C=O) groups excluding carboxylic acids is 2. The van der Waals surface area contributed by atoms with Gasteiger partial charge in [-0.15, -0.1) is 0 Å². The van der Waals surface area contributed by atoms with Gasteiger partial charge in [-0.1, -0.05) is 32.0 Å². The van der Waals surface area contributed by atoms with Crippen LogP contribution in [0.4, 0.5) is 0 Å². The van der Waals surface area contributed by atoms with E-state index < -0.39 is 68.4 Å². The number of hydrogen-bond donors (Lipinski definition) is 5. The van der Waals surface area contributed by atoms with Gasteiger partial charge in [-0.3, -0.25) is 18.7 Å². The predicted octanol–water partition coefficient (Wildman–Crippen LogP) is 0.298. The van der Waals surface area contributed by atoms with Crippen molar-refractivity contribution in [2.75, 3.05) is 13.7 Å². The Morgan fingerprint density at radius 1 is 1.25 bits per heavy atom. The lowest BCUT2D eigenvalue weighted by Crippen LogP contribution is -2.42. The monoisotopic (exact) mass is 528 g/mol. The Morgan fingerprint density at radius 2 is 1.92 bits per heavy atom. The Kier molecular flexibility index (Phi) is 8.71. The number of hydrogen-bond acceptors (Lipinski definition) is 11. The smallest absolute Gasteiger partial charge is 0.459 e. The van der Waals surface area contributed by atoms with Crippen molar-refractivity contribution in [1.82, 2.24) is 14.6 Å². The maximum Gasteiger partial charge on any atom is 0.459 e. The van der Waals surface area contributed by atoms with E-state index in [9.17, 15) is 29.5 Å². The number of imidazole rings is 1. The number of aliphatic hydroxyl groups is 2. The third kappa shape index (κ3) is 6.03. The third-order valence-corrected chi connectivity index (χ3v) is 6.94. The van der Waals surface area contributed by atoms with Crippen LogP contribution in [0.2, 0.25) is 0 Å². The molecule has 2 heterocycles. The van der Waals surface area contributed by atoms with Crippen LogP contribution in [0.25, 0.3) is 0 Å². The molecule has 6 atom stereocenters. The number of rotatable bonds is 11. The van der Waals surface area contributed by atoms with Crippen LogP contribution in [0.5, 0.6) is 11.6 Å². The van der Waals surface area contributed by atoms with Crippen molar-refractivity contribution in [3.8, 4) is 11.6 Å². The molecule has 0 saturated carbocycles. The van der Waals surface area contributed by atoms with E-state index in [-0.39, 0.29) is 11.7 Å². The van der Waals surface area contributed by atoms with Crippen molar-refractivity contribution < 1.29 is 48.0 Å². The molecule has 1 amide bonds. The van der Waals surface area contributed by atoms with Crippen molar-refractivity contribution in [3.05, 3.63) is 42.4 Å². The second-order valence-electron chi connectivity index (χ2n) is 8.31. The third-order valence-electron chi connectivity index (χ3n) is 5.41. The minimum Gasteiger partial charge on any atom is -0.493 e. The zero-order valence-corrected chi connectivity index (χ0v) is 20.6. The maximum atomic E-state index is 13.7. The van der Waals surface area contributed by atoms with E-state index >= 15 is 0 Å². The number of carbonyl (C=O) groups is 2. The van der Waals surface area contributed by atoms with Crippen molar-refractivity contribution in [2.24, 2.45) is 11.7 Å². The van der Waals surface area contributed by atoms with Crippen LogP contribution >= 0.6 is 7.75 Å². The minimum atomic E-state index is -4.28. The summed E-state index contributed by atoms with van der Waals surface area (Å²) in [5, 5.41) is 33.7. The largest absolute Gasteiger partial charge is 0.493 e. The number of nitrogens with one attached hydrogen (secondary N) is 1. The fourth-order valence-corrected chi connectivity index (χ4v) is 5.13. The summed E-state index contributed by atoms with van der Waals surface area (Å²) < 4.78 is 36.1. The molecule has 2 unspecified atom stereocenters. The van der Waals surface area contributed by atoms with Crippen LogP contribution < -0.4 is 15.3 Å². The Bertz CT molecular complexity index is 1110. The van der Waals surface area contributed by atoms with E-state index in [0.29, 0.717) is 0 Å². The van der Waals surface area contributed by atoms with Gasteiger partial charge in [0, 0.05) is 0 Å². The van der Waals surface area contributed by atoms with Gasteiger partial charge in [0.25, 0.3) is 5.91 Å². The van der Waals surface area contributed by atoms with Gasteiger partial charge in [0.1, 0.15) is 36.4 Å². The number of nitrogens with two attached hydrogens (primary N) is 1. The van der Waals surface area contributed by atoms with Crippen LogP contribution in [-0.2, 0) is 23.4 Å². The number of methoxy groups -OCH3 is 1. The van der Waals surface area contributed by atoms with E-state index in [1.165, 1.54) is 19.2 Å². The number of aromatic hydroxyl groups is 1. The average molecular weight is 528 g/mol. The summed E-state index contributed by atoms with van der Waals surface area (Å²) in [6.45, 7) is 2.84. The van der Waals surface area contributed by atoms with Gasteiger partial charge >= 0.3 is 13.7 Å². The molecule has 2 aromatic rings. The molecule has 0 bridgehead atoms. The fraction of sp³-hybridized carbons (Fsp3) is 0.476. The summed E-state index contributed by atoms with van der Waals surface area (Å²) in [6, 6.07) is 6.99. The number of nitrogens with zero attached hydrogens (tertiary/aromatic N) is 2. The van der Waals surface area contributed by atoms with E-state index in [1.54, 1.807) is 32.0 Å². The Hall–Kier alpha value is -3.00. The van der Waals surface area contributed by atoms with Crippen LogP contribution in [0, 0.1) is 5.92 Å². The number of ether oxygens (including phenoxy) is 2. The highest BCUT2D eigenvalue weighted by Gasteiger charge is 2.46. The summed E-state index contributed by atoms with van der Waals surface area (Å²) in [4.78, 5) is 27.3. The van der Waals surface area contributed by atoms with E-state index in [1.807, 2.05) is 0 Å². The van der Waals surface area contributed by atoms with E-state index in [4.69, 9.17) is 24.3 Å². The van der Waals surface area contributed by atoms with Gasteiger partial charge in [-0.05, 0) is 18.1 Å². The van der Waals surface area contributed by atoms with Crippen LogP contribution in [-0.4, -0.2) is 74.8 Å². The second kappa shape index (κ2) is 11.4. The number of amides is 1. The van der Waals surface area contributed by atoms with Gasteiger partial charge in [-0.2, -0.15) is 5.09 Å². The van der Waals surface area contributed by atoms with Gasteiger partial charge in [-0.25, -0.2) is 9.55 Å². The van der Waals surface area contributed by atoms with Crippen molar-refractivity contribution in [1.29, 1.82) is 0 Å². The van der Waals surface area contributed by atoms with E-state index in [2.05, 4.69) is 10.1 Å². The first-order valence-electron chi connectivity index (χ1n) is 10.9. The first kappa shape index (κ1) is 27.6. The minimum absolute atomic E-state index is 0.175. The first-order valence-corrected chi connectivity index (χ1v) is 12.4. The molecule has 15 heteroatoms. The van der Waals surface area contributed by atoms with Gasteiger partial charge in [0.15, 0.2) is 11.9 Å². The first-order chi connectivity index (χ1) is 17.0. The highest BCUT2D eigenvalue weighted by Crippen LogP contribution is 2.46. The number of primary amides is 1. The molecule has 1 aromatic carbocycles. The number of esters is 1. The summed E-state index contributed by atoms with van der Waals surface area (Å²) in [6.07, 6.45) is -4.75. The molecule has 1 aromatic heterocycles. The summed E-state index contributed by atoms with van der Waals surface area (Å²) in [5.74, 6) is -2.56. The van der Waals surface area contributed by atoms with Gasteiger partial charge in [0.2, 0.25) is 5.88 Å². The lowest BCUT2D eigenvalue weighted by molar-refractivity contribution is -0.143. The highest BCUT2D eigenvalue weighted by atomic mass is 31.2. The molecule has 1 fully saturated rings. The maximum absolute atomic E-state index is 13.7. The standard InChI is InChI=1S/C21H29N4O10P/c1-11(2)14(21(30)32-3)24-36(31,35-12-7-5-4-6-8-12)33-9-13-16(26)17(27)20(34-13)25-10-23-15(18(22)28)19(25)29/h4-8,10-11,13-14,16-17,20,26-27,29H,9H2,1-3H3,(H2,22,28)(H,24,31)/t13-,14+,16?,17-,20-,36?/m1/s1. The molecule has 0 aliphatic carbocycles. The molecule has 6 N–H and O–H groups in total. The molecule has 36 heavy (non-hydrogen) atoms. The molecular weight excluding hydrogens is 499 g/mol. The zero-order chi connectivity index (χ0) is 26.6. The summed E-state index contributed by atoms with van der Waals surface area (Å²) in [5.41, 5.74) is 4.68. The zero-order valence-electron chi connectivity index (χ0n) is 19.8. The Morgan fingerprint density at radius 3 is 2.47 bits per heavy atom. The van der Waals surface area contributed by atoms with Gasteiger partial charge < -0.3 is 35.1 Å². The summed E-state index contributed by atoms with van der Waals surface area (Å²) in [7, 11) is -3.10. The topological polar surface area (TPSA) is 205 Å². The quantitative estimate of drug-likeness (QED) is 0.197. The Labute approximate surface area is 206 Å². The van der Waals surface area contributed by atoms with E-state index in [0.717, 1.165) is 10.9 Å². The molecule has 0 spiro atoms. The predicted molar refractivity (Wildman–Crippen MR) is 123 cm³/mol. The molecular formula is C21H29N4O10P. The summed E-state index contributed by atoms with van der Waals surface area (Å²) >= 11 is 0. The number of para-hydroxylation sites is 1. The molecule has 1 saturated heterocycles. The van der Waals surface area contributed by atoms with Crippen LogP contribution in [0.15, 0.2) is 36.7 Å². The van der Waals surface area contributed by atoms with Crippen LogP contribution in [0.3, 0.4) is 0 Å². The van der Waals surface area contributed by atoms with Crippen LogP contribution in [0.1, 0.15) is 30.6 Å². The lowest BCUT2D eigenvalue weighted by atomic mass is 10.1. The van der Waals surface area contributed by atoms with Crippen molar-refractivity contribution in [3.63, 3.8) is 0 Å². The second-order valence-corrected chi connectivity index (χ2v) is 10.0. The average Bonchev–Trinajstić information content (AvgIpc) is 3.35. The molecule has 14 nitrogen and oxygen atoms in total. The van der Waals surface area contributed by atoms with Crippen molar-refractivity contribution in [2.45, 2.75) is 44.4 Å². The number of benzene rings is 1. The Balaban J connectivity index is 1.80. The SMILES string of the molecule is COC(=O)[C@@H](NP(=O)(OC[C@H]1O[C@@H](n2cnc(C(N)=O)c2O)[C@H](O)C1O)Oc1ccccc1)C(C)C. The lowest BCUT2D eigenvalue weighted by Gasteiger charge is -2.27.